The summed E-state index contributed by atoms with van der Waals surface area (Å²) in [5.74, 6) is -0.436. The third-order valence-electron chi connectivity index (χ3n) is 4.20. The van der Waals surface area contributed by atoms with Gasteiger partial charge in [0, 0.05) is 6.20 Å². The van der Waals surface area contributed by atoms with Crippen molar-refractivity contribution in [1.29, 1.82) is 0 Å². The van der Waals surface area contributed by atoms with Gasteiger partial charge in [0.25, 0.3) is 5.91 Å². The van der Waals surface area contributed by atoms with Crippen molar-refractivity contribution in [2.24, 2.45) is 0 Å². The van der Waals surface area contributed by atoms with Gasteiger partial charge in [-0.25, -0.2) is 9.78 Å². The largest absolute Gasteiger partial charge is 0.497 e. The summed E-state index contributed by atoms with van der Waals surface area (Å²) in [4.78, 5) is 27.8. The number of methoxy groups -OCH3 is 1. The van der Waals surface area contributed by atoms with Crippen LogP contribution in [0.5, 0.6) is 11.5 Å². The molecule has 8 heteroatoms. The van der Waals surface area contributed by atoms with Crippen molar-refractivity contribution in [2.45, 2.75) is 6.61 Å². The quantitative estimate of drug-likeness (QED) is 0.367. The van der Waals surface area contributed by atoms with Gasteiger partial charge >= 0.3 is 5.97 Å². The van der Waals surface area contributed by atoms with E-state index in [0.717, 1.165) is 11.3 Å². The van der Waals surface area contributed by atoms with Crippen LogP contribution in [0, 0.1) is 0 Å². The third kappa shape index (κ3) is 6.42. The molecule has 0 bridgehead atoms. The summed E-state index contributed by atoms with van der Waals surface area (Å²) in [5, 5.41) is 11.8. The molecule has 1 heterocycles. The number of carboxylic acids is 1. The summed E-state index contributed by atoms with van der Waals surface area (Å²) in [6.07, 6.45) is 2.73. The lowest BCUT2D eigenvalue weighted by atomic mass is 10.1. The van der Waals surface area contributed by atoms with Gasteiger partial charge in [-0.05, 0) is 69.5 Å². The van der Waals surface area contributed by atoms with Crippen LogP contribution in [0.1, 0.15) is 21.5 Å². The standard InChI is InChI=1S/C23H19BrN2O5/c1-30-19-4-2-3-16(11-19)14-31-18-8-5-15(6-9-18)12-20(23(28)29)26-22(27)17-7-10-21(24)25-13-17/h2-13H,14H2,1H3,(H,26,27)(H,28,29)/b20-12+. The lowest BCUT2D eigenvalue weighted by Gasteiger charge is -2.09. The molecular weight excluding hydrogens is 464 g/mol. The van der Waals surface area contributed by atoms with E-state index in [1.165, 1.54) is 12.3 Å². The normalized spacial score (nSPS) is 11.0. The Balaban J connectivity index is 1.66. The minimum atomic E-state index is -1.25. The first kappa shape index (κ1) is 22.0. The number of hydrogen-bond donors (Lipinski definition) is 2. The highest BCUT2D eigenvalue weighted by atomic mass is 79.9. The van der Waals surface area contributed by atoms with E-state index < -0.39 is 11.9 Å². The van der Waals surface area contributed by atoms with Gasteiger partial charge in [-0.1, -0.05) is 24.3 Å². The first-order valence-corrected chi connectivity index (χ1v) is 9.97. The first-order chi connectivity index (χ1) is 14.9. The molecule has 0 saturated heterocycles. The molecule has 1 amide bonds. The van der Waals surface area contributed by atoms with E-state index >= 15 is 0 Å². The van der Waals surface area contributed by atoms with Gasteiger partial charge in [0.1, 0.15) is 28.4 Å². The summed E-state index contributed by atoms with van der Waals surface area (Å²) in [7, 11) is 1.61. The maximum absolute atomic E-state index is 12.3. The predicted molar refractivity (Wildman–Crippen MR) is 119 cm³/mol. The molecule has 0 radical (unpaired) electrons. The van der Waals surface area contributed by atoms with Gasteiger partial charge in [0.05, 0.1) is 12.7 Å². The lowest BCUT2D eigenvalue weighted by Crippen LogP contribution is -2.27. The Morgan fingerprint density at radius 2 is 1.87 bits per heavy atom. The number of rotatable bonds is 8. The van der Waals surface area contributed by atoms with Crippen LogP contribution in [-0.2, 0) is 11.4 Å². The zero-order valence-electron chi connectivity index (χ0n) is 16.5. The molecule has 0 spiro atoms. The molecule has 0 unspecified atom stereocenters. The van der Waals surface area contributed by atoms with Crippen molar-refractivity contribution in [1.82, 2.24) is 10.3 Å². The van der Waals surface area contributed by atoms with Crippen molar-refractivity contribution in [3.8, 4) is 11.5 Å². The molecule has 2 aromatic carbocycles. The van der Waals surface area contributed by atoms with Crippen LogP contribution in [0.15, 0.2) is 77.2 Å². The van der Waals surface area contributed by atoms with E-state index in [9.17, 15) is 14.7 Å². The van der Waals surface area contributed by atoms with Crippen molar-refractivity contribution >= 4 is 33.9 Å². The molecule has 31 heavy (non-hydrogen) atoms. The van der Waals surface area contributed by atoms with E-state index in [2.05, 4.69) is 26.2 Å². The minimum Gasteiger partial charge on any atom is -0.497 e. The molecule has 158 valence electrons. The monoisotopic (exact) mass is 482 g/mol. The molecule has 3 rings (SSSR count). The summed E-state index contributed by atoms with van der Waals surface area (Å²) in [6, 6.07) is 17.6. The van der Waals surface area contributed by atoms with Gasteiger partial charge < -0.3 is 19.9 Å². The molecule has 0 saturated carbocycles. The fraction of sp³-hybridized carbons (Fsp3) is 0.0870. The number of carboxylic acid groups (broad SMARTS) is 1. The maximum Gasteiger partial charge on any atom is 0.352 e. The summed E-state index contributed by atoms with van der Waals surface area (Å²) in [5.41, 5.74) is 1.55. The molecule has 0 aliphatic heterocycles. The predicted octanol–water partition coefficient (Wildman–Crippen LogP) is 4.29. The Morgan fingerprint density at radius 1 is 1.10 bits per heavy atom. The van der Waals surface area contributed by atoms with E-state index in [1.807, 2.05) is 24.3 Å². The summed E-state index contributed by atoms with van der Waals surface area (Å²) >= 11 is 3.19. The number of aromatic nitrogens is 1. The smallest absolute Gasteiger partial charge is 0.352 e. The van der Waals surface area contributed by atoms with Crippen LogP contribution in [-0.4, -0.2) is 29.1 Å². The topological polar surface area (TPSA) is 97.8 Å². The number of benzene rings is 2. The second-order valence-electron chi connectivity index (χ2n) is 6.40. The Hall–Kier alpha value is -3.65. The third-order valence-corrected chi connectivity index (χ3v) is 4.67. The van der Waals surface area contributed by atoms with Gasteiger partial charge in [-0.2, -0.15) is 0 Å². The molecule has 0 fully saturated rings. The number of aliphatic carboxylic acids is 1. The van der Waals surface area contributed by atoms with Gasteiger partial charge in [-0.15, -0.1) is 0 Å². The number of nitrogens with one attached hydrogen (secondary N) is 1. The van der Waals surface area contributed by atoms with Crippen molar-refractivity contribution in [3.05, 3.63) is 93.9 Å². The number of hydrogen-bond acceptors (Lipinski definition) is 5. The van der Waals surface area contributed by atoms with E-state index in [1.54, 1.807) is 43.5 Å². The van der Waals surface area contributed by atoms with Crippen LogP contribution in [0.3, 0.4) is 0 Å². The van der Waals surface area contributed by atoms with Crippen LogP contribution in [0.2, 0.25) is 0 Å². The molecule has 3 aromatic rings. The molecular formula is C23H19BrN2O5. The van der Waals surface area contributed by atoms with Crippen molar-refractivity contribution in [2.75, 3.05) is 7.11 Å². The summed E-state index contributed by atoms with van der Waals surface area (Å²) < 4.78 is 11.5. The van der Waals surface area contributed by atoms with E-state index in [-0.39, 0.29) is 11.3 Å². The Kier molecular flexibility index (Phi) is 7.40. The zero-order valence-corrected chi connectivity index (χ0v) is 18.1. The number of carbonyl (C=O) groups excluding carboxylic acids is 1. The average molecular weight is 483 g/mol. The second-order valence-corrected chi connectivity index (χ2v) is 7.21. The molecule has 2 N–H and O–H groups in total. The number of halogens is 1. The van der Waals surface area contributed by atoms with Gasteiger partial charge in [0.2, 0.25) is 0 Å². The second kappa shape index (κ2) is 10.4. The van der Waals surface area contributed by atoms with Crippen LogP contribution in [0.4, 0.5) is 0 Å². The minimum absolute atomic E-state index is 0.247. The van der Waals surface area contributed by atoms with E-state index in [4.69, 9.17) is 9.47 Å². The van der Waals surface area contributed by atoms with E-state index in [0.29, 0.717) is 22.5 Å². The molecule has 0 aliphatic rings. The van der Waals surface area contributed by atoms with Gasteiger partial charge in [-0.3, -0.25) is 4.79 Å². The number of pyridine rings is 1. The highest BCUT2D eigenvalue weighted by molar-refractivity contribution is 9.10. The lowest BCUT2D eigenvalue weighted by molar-refractivity contribution is -0.132. The van der Waals surface area contributed by atoms with Crippen molar-refractivity contribution in [3.63, 3.8) is 0 Å². The van der Waals surface area contributed by atoms with Crippen LogP contribution in [0.25, 0.3) is 6.08 Å². The SMILES string of the molecule is COc1cccc(COc2ccc(/C=C(/NC(=O)c3ccc(Br)nc3)C(=O)O)cc2)c1. The molecule has 0 atom stereocenters. The van der Waals surface area contributed by atoms with Crippen LogP contribution < -0.4 is 14.8 Å². The molecule has 7 nitrogen and oxygen atoms in total. The molecule has 0 aliphatic carbocycles. The van der Waals surface area contributed by atoms with Crippen molar-refractivity contribution < 1.29 is 24.2 Å². The highest BCUT2D eigenvalue weighted by Gasteiger charge is 2.14. The number of carbonyl (C=O) groups is 2. The zero-order chi connectivity index (χ0) is 22.2. The fourth-order valence-corrected chi connectivity index (χ4v) is 2.85. The number of nitrogens with zero attached hydrogens (tertiary/aromatic N) is 1. The Morgan fingerprint density at radius 3 is 2.52 bits per heavy atom. The summed E-state index contributed by atoms with van der Waals surface area (Å²) in [6.45, 7) is 0.365. The fourth-order valence-electron chi connectivity index (χ4n) is 2.61. The average Bonchev–Trinajstić information content (AvgIpc) is 2.78. The number of ether oxygens (including phenoxy) is 2. The maximum atomic E-state index is 12.3. The van der Waals surface area contributed by atoms with Gasteiger partial charge in [0.15, 0.2) is 0 Å². The first-order valence-electron chi connectivity index (χ1n) is 9.18. The highest BCUT2D eigenvalue weighted by Crippen LogP contribution is 2.18. The molecule has 1 aromatic heterocycles. The number of amides is 1. The Bertz CT molecular complexity index is 1100. The Labute approximate surface area is 187 Å². The van der Waals surface area contributed by atoms with Crippen LogP contribution >= 0.6 is 15.9 Å².